The number of hydrogen-bond acceptors (Lipinski definition) is 5. The number of nitrogens with zero attached hydrogens (tertiary/aromatic N) is 1. The topological polar surface area (TPSA) is 62.8 Å². The first-order valence-corrected chi connectivity index (χ1v) is 8.03. The Morgan fingerprint density at radius 3 is 3.00 bits per heavy atom. The van der Waals surface area contributed by atoms with E-state index >= 15 is 0 Å². The van der Waals surface area contributed by atoms with E-state index in [1.165, 1.54) is 0 Å². The Balaban J connectivity index is 0. The number of nitrogens with one attached hydrogen (secondary N) is 2. The van der Waals surface area contributed by atoms with E-state index in [1.54, 1.807) is 0 Å². The highest BCUT2D eigenvalue weighted by Crippen LogP contribution is 2.04. The van der Waals surface area contributed by atoms with Crippen molar-refractivity contribution in [3.05, 3.63) is 0 Å². The van der Waals surface area contributed by atoms with Crippen molar-refractivity contribution in [2.75, 3.05) is 52.5 Å². The molecule has 0 aliphatic carbocycles. The van der Waals surface area contributed by atoms with Crippen LogP contribution in [-0.4, -0.2) is 75.5 Å². The fraction of sp³-hybridized carbons (Fsp3) is 0.933. The molecule has 1 amide bonds. The molecule has 1 aliphatic heterocycles. The fourth-order valence-corrected chi connectivity index (χ4v) is 2.18. The Hall–Kier alpha value is -0.690. The third-order valence-electron chi connectivity index (χ3n) is 3.42. The minimum absolute atomic E-state index is 0. The lowest BCUT2D eigenvalue weighted by atomic mass is 10.2. The number of ether oxygens (including phenoxy) is 2. The lowest BCUT2D eigenvalue weighted by Crippen LogP contribution is -2.48. The molecular formula is C15H35N3O3. The summed E-state index contributed by atoms with van der Waals surface area (Å²) >= 11 is 0. The summed E-state index contributed by atoms with van der Waals surface area (Å²) in [5.74, 6) is 0.0803. The van der Waals surface area contributed by atoms with Crippen molar-refractivity contribution >= 4 is 5.91 Å². The second-order valence-corrected chi connectivity index (χ2v) is 5.67. The third kappa shape index (κ3) is 9.03. The Kier molecular flexibility index (Phi) is 9.58. The molecule has 0 radical (unpaired) electrons. The van der Waals surface area contributed by atoms with Gasteiger partial charge in [0.25, 0.3) is 0 Å². The van der Waals surface area contributed by atoms with Gasteiger partial charge in [0.2, 0.25) is 5.91 Å². The number of carbonyl (C=O) groups is 1. The molecule has 6 nitrogen and oxygen atoms in total. The molecule has 0 aromatic heterocycles. The Morgan fingerprint density at radius 1 is 1.48 bits per heavy atom. The van der Waals surface area contributed by atoms with Crippen molar-refractivity contribution in [2.45, 2.75) is 39.3 Å². The summed E-state index contributed by atoms with van der Waals surface area (Å²) in [4.78, 5) is 13.6. The Morgan fingerprint density at radius 2 is 2.29 bits per heavy atom. The SMILES string of the molecule is CCC(=O)NCC1CN(CCOCCNC(C)C)CCO1.[HH].[HH]. The molecular weight excluding hydrogens is 270 g/mol. The molecule has 1 fully saturated rings. The lowest BCUT2D eigenvalue weighted by molar-refractivity contribution is -0.122. The molecule has 1 saturated heterocycles. The van der Waals surface area contributed by atoms with Gasteiger partial charge >= 0.3 is 0 Å². The van der Waals surface area contributed by atoms with Crippen LogP contribution in [0.15, 0.2) is 0 Å². The quantitative estimate of drug-likeness (QED) is 0.582. The van der Waals surface area contributed by atoms with Gasteiger partial charge in [-0.2, -0.15) is 0 Å². The fourth-order valence-electron chi connectivity index (χ4n) is 2.18. The van der Waals surface area contributed by atoms with Gasteiger partial charge in [0.05, 0.1) is 25.9 Å². The number of amides is 1. The largest absolute Gasteiger partial charge is 0.379 e. The standard InChI is InChI=1S/C15H31N3O3.2H2/c1-4-15(19)17-11-14-12-18(7-10-21-14)6-9-20-8-5-16-13(2)3;;/h13-14,16H,4-12H2,1-3H3,(H,17,19);2*1H. The molecule has 0 spiro atoms. The van der Waals surface area contributed by atoms with E-state index in [0.717, 1.165) is 46.0 Å². The van der Waals surface area contributed by atoms with Gasteiger partial charge in [-0.05, 0) is 0 Å². The maximum absolute atomic E-state index is 11.3. The van der Waals surface area contributed by atoms with E-state index in [4.69, 9.17) is 9.47 Å². The van der Waals surface area contributed by atoms with Crippen molar-refractivity contribution < 1.29 is 17.1 Å². The van der Waals surface area contributed by atoms with Crippen LogP contribution in [0.4, 0.5) is 0 Å². The van der Waals surface area contributed by atoms with Crippen molar-refractivity contribution in [1.29, 1.82) is 0 Å². The van der Waals surface area contributed by atoms with Crippen molar-refractivity contribution in [2.24, 2.45) is 0 Å². The second kappa shape index (κ2) is 11.0. The van der Waals surface area contributed by atoms with Gasteiger partial charge in [-0.25, -0.2) is 0 Å². The van der Waals surface area contributed by atoms with E-state index in [0.29, 0.717) is 19.0 Å². The monoisotopic (exact) mass is 305 g/mol. The van der Waals surface area contributed by atoms with Crippen LogP contribution in [0.25, 0.3) is 0 Å². The highest BCUT2D eigenvalue weighted by molar-refractivity contribution is 5.75. The summed E-state index contributed by atoms with van der Waals surface area (Å²) in [5.41, 5.74) is 0. The van der Waals surface area contributed by atoms with Gasteiger partial charge in [-0.15, -0.1) is 0 Å². The summed E-state index contributed by atoms with van der Waals surface area (Å²) < 4.78 is 11.3. The van der Waals surface area contributed by atoms with Gasteiger partial charge in [-0.1, -0.05) is 20.8 Å². The Bertz CT molecular complexity index is 297. The smallest absolute Gasteiger partial charge is 0.219 e. The molecule has 1 rings (SSSR count). The number of carbonyl (C=O) groups excluding carboxylic acids is 1. The third-order valence-corrected chi connectivity index (χ3v) is 3.42. The molecule has 0 aromatic carbocycles. The molecule has 6 heteroatoms. The van der Waals surface area contributed by atoms with E-state index in [9.17, 15) is 4.79 Å². The van der Waals surface area contributed by atoms with Crippen molar-refractivity contribution in [3.63, 3.8) is 0 Å². The molecule has 128 valence electrons. The van der Waals surface area contributed by atoms with Crippen LogP contribution >= 0.6 is 0 Å². The van der Waals surface area contributed by atoms with Crippen LogP contribution in [0.3, 0.4) is 0 Å². The summed E-state index contributed by atoms with van der Waals surface area (Å²) in [6, 6.07) is 0.506. The number of morpholine rings is 1. The van der Waals surface area contributed by atoms with E-state index < -0.39 is 0 Å². The van der Waals surface area contributed by atoms with Gasteiger partial charge in [-0.3, -0.25) is 9.69 Å². The molecule has 2 N–H and O–H groups in total. The number of rotatable bonds is 10. The van der Waals surface area contributed by atoms with Crippen LogP contribution in [0, 0.1) is 0 Å². The van der Waals surface area contributed by atoms with Gasteiger partial charge in [0, 0.05) is 48.0 Å². The summed E-state index contributed by atoms with van der Waals surface area (Å²) in [6.45, 7) is 12.5. The summed E-state index contributed by atoms with van der Waals surface area (Å²) in [7, 11) is 0. The highest BCUT2D eigenvalue weighted by atomic mass is 16.5. The maximum atomic E-state index is 11.3. The average molecular weight is 305 g/mol. The van der Waals surface area contributed by atoms with E-state index in [1.807, 2.05) is 6.92 Å². The van der Waals surface area contributed by atoms with Crippen LogP contribution in [-0.2, 0) is 14.3 Å². The van der Waals surface area contributed by atoms with Gasteiger partial charge in [0.15, 0.2) is 0 Å². The molecule has 0 aromatic rings. The lowest BCUT2D eigenvalue weighted by Gasteiger charge is -2.32. The highest BCUT2D eigenvalue weighted by Gasteiger charge is 2.20. The van der Waals surface area contributed by atoms with Crippen LogP contribution in [0.5, 0.6) is 0 Å². The minimum atomic E-state index is 0. The predicted octanol–water partition coefficient (Wildman–Crippen LogP) is 0.720. The first-order valence-electron chi connectivity index (χ1n) is 8.03. The summed E-state index contributed by atoms with van der Waals surface area (Å²) in [5, 5.41) is 6.21. The van der Waals surface area contributed by atoms with Crippen molar-refractivity contribution in [1.82, 2.24) is 15.5 Å². The van der Waals surface area contributed by atoms with E-state index in [2.05, 4.69) is 29.4 Å². The average Bonchev–Trinajstić information content (AvgIpc) is 2.48. The minimum Gasteiger partial charge on any atom is -0.379 e. The zero-order chi connectivity index (χ0) is 15.5. The number of hydrogen-bond donors (Lipinski definition) is 2. The molecule has 1 atom stereocenters. The van der Waals surface area contributed by atoms with E-state index in [-0.39, 0.29) is 14.9 Å². The molecule has 1 unspecified atom stereocenters. The molecule has 0 saturated carbocycles. The molecule has 1 heterocycles. The first kappa shape index (κ1) is 18.4. The predicted molar refractivity (Wildman–Crippen MR) is 87.7 cm³/mol. The normalized spacial score (nSPS) is 19.9. The van der Waals surface area contributed by atoms with Gasteiger partial charge in [0.1, 0.15) is 0 Å². The Labute approximate surface area is 131 Å². The summed E-state index contributed by atoms with van der Waals surface area (Å²) in [6.07, 6.45) is 0.617. The van der Waals surface area contributed by atoms with Crippen molar-refractivity contribution in [3.8, 4) is 0 Å². The second-order valence-electron chi connectivity index (χ2n) is 5.67. The van der Waals surface area contributed by atoms with Crippen LogP contribution in [0.2, 0.25) is 0 Å². The zero-order valence-electron chi connectivity index (χ0n) is 13.7. The zero-order valence-corrected chi connectivity index (χ0v) is 13.7. The first-order chi connectivity index (χ1) is 10.1. The molecule has 0 bridgehead atoms. The molecule has 1 aliphatic rings. The maximum Gasteiger partial charge on any atom is 0.219 e. The van der Waals surface area contributed by atoms with Crippen LogP contribution in [0.1, 0.15) is 30.0 Å². The van der Waals surface area contributed by atoms with Gasteiger partial charge < -0.3 is 20.1 Å². The molecule has 21 heavy (non-hydrogen) atoms. The van der Waals surface area contributed by atoms with Crippen LogP contribution < -0.4 is 10.6 Å².